The van der Waals surface area contributed by atoms with Crippen LogP contribution in [0, 0.1) is 6.92 Å². The van der Waals surface area contributed by atoms with Crippen LogP contribution in [0.15, 0.2) is 82.2 Å². The van der Waals surface area contributed by atoms with Gasteiger partial charge in [-0.15, -0.1) is 0 Å². The number of rotatable bonds is 12. The van der Waals surface area contributed by atoms with Gasteiger partial charge in [0.15, 0.2) is 0 Å². The van der Waals surface area contributed by atoms with E-state index < -0.39 is 28.5 Å². The van der Waals surface area contributed by atoms with Crippen molar-refractivity contribution in [2.45, 2.75) is 58.1 Å². The Hall–Kier alpha value is -3.37. The molecule has 40 heavy (non-hydrogen) atoms. The number of nitrogens with one attached hydrogen (secondary N) is 1. The average molecular weight is 631 g/mol. The van der Waals surface area contributed by atoms with Crippen LogP contribution in [-0.2, 0) is 26.2 Å². The monoisotopic (exact) mass is 629 g/mol. The second-order valence-electron chi connectivity index (χ2n) is 9.68. The van der Waals surface area contributed by atoms with Crippen LogP contribution in [0.2, 0.25) is 0 Å². The van der Waals surface area contributed by atoms with Crippen molar-refractivity contribution in [1.82, 2.24) is 10.2 Å². The third-order valence-corrected chi connectivity index (χ3v) is 8.63. The highest BCUT2D eigenvalue weighted by Crippen LogP contribution is 2.27. The largest absolute Gasteiger partial charge is 0.494 e. The molecule has 0 bridgehead atoms. The van der Waals surface area contributed by atoms with Gasteiger partial charge in [-0.05, 0) is 94.3 Å². The molecule has 0 aliphatic heterocycles. The van der Waals surface area contributed by atoms with Gasteiger partial charge in [0.05, 0.1) is 17.2 Å². The summed E-state index contributed by atoms with van der Waals surface area (Å²) >= 11 is 3.34. The van der Waals surface area contributed by atoms with Crippen LogP contribution in [-0.4, -0.2) is 50.4 Å². The van der Waals surface area contributed by atoms with Gasteiger partial charge in [-0.25, -0.2) is 8.42 Å². The van der Waals surface area contributed by atoms with E-state index in [1.807, 2.05) is 52.0 Å². The van der Waals surface area contributed by atoms with Gasteiger partial charge in [-0.1, -0.05) is 40.2 Å². The van der Waals surface area contributed by atoms with E-state index in [0.29, 0.717) is 18.0 Å². The zero-order chi connectivity index (χ0) is 29.4. The van der Waals surface area contributed by atoms with E-state index >= 15 is 0 Å². The van der Waals surface area contributed by atoms with Gasteiger partial charge in [0.2, 0.25) is 11.8 Å². The lowest BCUT2D eigenvalue weighted by Gasteiger charge is -2.32. The summed E-state index contributed by atoms with van der Waals surface area (Å²) in [7, 11) is -4.15. The lowest BCUT2D eigenvalue weighted by atomic mass is 10.1. The highest BCUT2D eigenvalue weighted by molar-refractivity contribution is 9.10. The summed E-state index contributed by atoms with van der Waals surface area (Å²) in [5.41, 5.74) is 2.13. The molecular weight excluding hydrogens is 594 g/mol. The summed E-state index contributed by atoms with van der Waals surface area (Å²) in [5, 5.41) is 2.86. The SMILES string of the molecule is CCOc1ccc(N(CC(=O)N(Cc2ccccc2C)C(C)C(=O)NC(C)C)S(=O)(=O)c2ccc(Br)cc2)cc1. The Morgan fingerprint density at radius 1 is 0.950 bits per heavy atom. The van der Waals surface area contributed by atoms with E-state index in [1.54, 1.807) is 43.3 Å². The van der Waals surface area contributed by atoms with Crippen molar-refractivity contribution < 1.29 is 22.7 Å². The molecule has 0 heterocycles. The molecule has 0 aliphatic rings. The van der Waals surface area contributed by atoms with E-state index in [2.05, 4.69) is 21.2 Å². The predicted octanol–water partition coefficient (Wildman–Crippen LogP) is 5.29. The number of ether oxygens (including phenoxy) is 1. The molecule has 214 valence electrons. The topological polar surface area (TPSA) is 96.0 Å². The van der Waals surface area contributed by atoms with E-state index in [1.165, 1.54) is 17.0 Å². The first-order chi connectivity index (χ1) is 18.9. The number of carbonyl (C=O) groups excluding carboxylic acids is 2. The maximum Gasteiger partial charge on any atom is 0.264 e. The van der Waals surface area contributed by atoms with Gasteiger partial charge in [0.25, 0.3) is 10.0 Å². The van der Waals surface area contributed by atoms with Gasteiger partial charge in [0, 0.05) is 17.1 Å². The first-order valence-corrected chi connectivity index (χ1v) is 15.3. The fraction of sp³-hybridized carbons (Fsp3) is 0.333. The molecule has 0 aliphatic carbocycles. The van der Waals surface area contributed by atoms with Gasteiger partial charge in [-0.2, -0.15) is 0 Å². The van der Waals surface area contributed by atoms with Crippen molar-refractivity contribution in [3.63, 3.8) is 0 Å². The molecule has 0 saturated carbocycles. The van der Waals surface area contributed by atoms with Crippen LogP contribution >= 0.6 is 15.9 Å². The third-order valence-electron chi connectivity index (χ3n) is 6.32. The standard InChI is InChI=1S/C30H36BrN3O5S/c1-6-39-27-15-13-26(14-16-27)34(40(37,38)28-17-11-25(31)12-18-28)20-29(35)33(23(5)30(36)32-21(2)3)19-24-10-8-7-9-22(24)4/h7-18,21,23H,6,19-20H2,1-5H3,(H,32,36). The third kappa shape index (κ3) is 7.85. The lowest BCUT2D eigenvalue weighted by Crippen LogP contribution is -2.52. The quantitative estimate of drug-likeness (QED) is 0.294. The number of amides is 2. The number of anilines is 1. The molecular formula is C30H36BrN3O5S. The molecule has 1 atom stereocenters. The fourth-order valence-electron chi connectivity index (χ4n) is 4.10. The molecule has 3 aromatic carbocycles. The van der Waals surface area contributed by atoms with Crippen molar-refractivity contribution in [2.24, 2.45) is 0 Å². The van der Waals surface area contributed by atoms with E-state index in [-0.39, 0.29) is 23.4 Å². The molecule has 3 aromatic rings. The molecule has 0 spiro atoms. The smallest absolute Gasteiger partial charge is 0.264 e. The number of carbonyl (C=O) groups is 2. The predicted molar refractivity (Wildman–Crippen MR) is 161 cm³/mol. The van der Waals surface area contributed by atoms with Gasteiger partial charge in [-0.3, -0.25) is 13.9 Å². The van der Waals surface area contributed by atoms with E-state index in [0.717, 1.165) is 19.9 Å². The minimum Gasteiger partial charge on any atom is -0.494 e. The summed E-state index contributed by atoms with van der Waals surface area (Å²) in [5.74, 6) is -0.247. The molecule has 3 rings (SSSR count). The highest BCUT2D eigenvalue weighted by atomic mass is 79.9. The zero-order valence-corrected chi connectivity index (χ0v) is 25.8. The number of hydrogen-bond donors (Lipinski definition) is 1. The van der Waals surface area contributed by atoms with Gasteiger partial charge < -0.3 is 15.0 Å². The van der Waals surface area contributed by atoms with Gasteiger partial charge in [0.1, 0.15) is 18.3 Å². The minimum atomic E-state index is -4.15. The molecule has 1 unspecified atom stereocenters. The Labute approximate surface area is 245 Å². The summed E-state index contributed by atoms with van der Waals surface area (Å²) in [6.45, 7) is 9.23. The summed E-state index contributed by atoms with van der Waals surface area (Å²) in [4.78, 5) is 28.5. The van der Waals surface area contributed by atoms with Crippen molar-refractivity contribution >= 4 is 43.5 Å². The highest BCUT2D eigenvalue weighted by Gasteiger charge is 2.33. The first-order valence-electron chi connectivity index (χ1n) is 13.1. The minimum absolute atomic E-state index is 0.0356. The maximum atomic E-state index is 14.0. The second-order valence-corrected chi connectivity index (χ2v) is 12.5. The maximum absolute atomic E-state index is 14.0. The second kappa shape index (κ2) is 13.8. The van der Waals surface area contributed by atoms with Crippen LogP contribution in [0.5, 0.6) is 5.75 Å². The van der Waals surface area contributed by atoms with Crippen LogP contribution in [0.4, 0.5) is 5.69 Å². The first kappa shape index (κ1) is 31.2. The van der Waals surface area contributed by atoms with Crippen molar-refractivity contribution in [3.8, 4) is 5.75 Å². The van der Waals surface area contributed by atoms with Crippen molar-refractivity contribution in [2.75, 3.05) is 17.5 Å². The van der Waals surface area contributed by atoms with Crippen LogP contribution < -0.4 is 14.4 Å². The number of sulfonamides is 1. The number of benzene rings is 3. The summed E-state index contributed by atoms with van der Waals surface area (Å²) in [6, 6.07) is 19.4. The zero-order valence-electron chi connectivity index (χ0n) is 23.4. The number of aryl methyl sites for hydroxylation is 1. The van der Waals surface area contributed by atoms with Gasteiger partial charge >= 0.3 is 0 Å². The van der Waals surface area contributed by atoms with Crippen molar-refractivity contribution in [3.05, 3.63) is 88.4 Å². The normalized spacial score (nSPS) is 12.1. The Kier molecular flexibility index (Phi) is 10.8. The van der Waals surface area contributed by atoms with Crippen LogP contribution in [0.25, 0.3) is 0 Å². The summed E-state index contributed by atoms with van der Waals surface area (Å²) < 4.78 is 35.1. The molecule has 0 fully saturated rings. The number of nitrogens with zero attached hydrogens (tertiary/aromatic N) is 2. The molecule has 0 saturated heterocycles. The molecule has 0 aromatic heterocycles. The lowest BCUT2D eigenvalue weighted by molar-refractivity contribution is -0.139. The molecule has 0 radical (unpaired) electrons. The number of halogens is 1. The Bertz CT molecular complexity index is 1410. The fourth-order valence-corrected chi connectivity index (χ4v) is 5.78. The number of hydrogen-bond acceptors (Lipinski definition) is 5. The molecule has 1 N–H and O–H groups in total. The van der Waals surface area contributed by atoms with E-state index in [4.69, 9.17) is 4.74 Å². The summed E-state index contributed by atoms with van der Waals surface area (Å²) in [6.07, 6.45) is 0. The Balaban J connectivity index is 2.04. The Morgan fingerprint density at radius 2 is 1.57 bits per heavy atom. The molecule has 10 heteroatoms. The van der Waals surface area contributed by atoms with Crippen LogP contribution in [0.3, 0.4) is 0 Å². The average Bonchev–Trinajstić information content (AvgIpc) is 2.91. The van der Waals surface area contributed by atoms with Crippen molar-refractivity contribution in [1.29, 1.82) is 0 Å². The molecule has 2 amide bonds. The Morgan fingerprint density at radius 3 is 2.15 bits per heavy atom. The van der Waals surface area contributed by atoms with Crippen LogP contribution in [0.1, 0.15) is 38.8 Å². The van der Waals surface area contributed by atoms with E-state index in [9.17, 15) is 18.0 Å². The molecule has 8 nitrogen and oxygen atoms in total.